The molecule has 5 aliphatic carbocycles. The first-order valence-electron chi connectivity index (χ1n) is 11.4. The van der Waals surface area contributed by atoms with E-state index in [9.17, 15) is 4.79 Å². The van der Waals surface area contributed by atoms with Crippen molar-refractivity contribution in [2.24, 2.45) is 17.8 Å². The minimum absolute atomic E-state index is 0.130. The number of carbonyl (C=O) groups excluding carboxylic acids is 1. The second-order valence-electron chi connectivity index (χ2n) is 9.92. The average molecular weight is 430 g/mol. The van der Waals surface area contributed by atoms with E-state index in [0.717, 1.165) is 34.5 Å². The van der Waals surface area contributed by atoms with Gasteiger partial charge in [0, 0.05) is 11.6 Å². The number of amides is 1. The predicted molar refractivity (Wildman–Crippen MR) is 127 cm³/mol. The number of carbonyl (C=O) groups is 1. The van der Waals surface area contributed by atoms with Gasteiger partial charge in [0.25, 0.3) is 5.91 Å². The fraction of sp³-hybridized carbons (Fsp3) is 0.385. The van der Waals surface area contributed by atoms with Crippen LogP contribution in [0.4, 0.5) is 0 Å². The van der Waals surface area contributed by atoms with E-state index in [1.807, 2.05) is 24.3 Å². The van der Waals surface area contributed by atoms with Crippen LogP contribution in [0.2, 0.25) is 0 Å². The fourth-order valence-electron chi connectivity index (χ4n) is 7.03. The van der Waals surface area contributed by atoms with Crippen LogP contribution in [0.15, 0.2) is 54.6 Å². The summed E-state index contributed by atoms with van der Waals surface area (Å²) in [5, 5.41) is 4.12. The largest absolute Gasteiger partial charge is 0.356 e. The van der Waals surface area contributed by atoms with Gasteiger partial charge in [0.15, 0.2) is 5.11 Å². The molecule has 0 aromatic heterocycles. The highest BCUT2D eigenvalue weighted by Gasteiger charge is 2.51. The summed E-state index contributed by atoms with van der Waals surface area (Å²) in [5.74, 6) is 2.35. The van der Waals surface area contributed by atoms with Gasteiger partial charge in [-0.15, -0.1) is 0 Å². The van der Waals surface area contributed by atoms with Gasteiger partial charge >= 0.3 is 0 Å². The number of fused-ring (bicyclic) bond motifs is 3. The number of hydrazine groups is 1. The Morgan fingerprint density at radius 1 is 0.806 bits per heavy atom. The van der Waals surface area contributed by atoms with Gasteiger partial charge in [-0.2, -0.15) is 0 Å². The molecule has 5 aliphatic rings. The van der Waals surface area contributed by atoms with Crippen molar-refractivity contribution in [1.82, 2.24) is 16.2 Å². The van der Waals surface area contributed by atoms with Gasteiger partial charge < -0.3 is 5.32 Å². The second kappa shape index (κ2) is 7.20. The second-order valence-corrected chi connectivity index (χ2v) is 10.3. The summed E-state index contributed by atoms with van der Waals surface area (Å²) >= 11 is 5.56. The Balaban J connectivity index is 1.14. The number of nitrogens with one attached hydrogen (secondary N) is 3. The number of benzene rings is 2. The smallest absolute Gasteiger partial charge is 0.263 e. The van der Waals surface area contributed by atoms with Crippen molar-refractivity contribution in [2.75, 3.05) is 0 Å². The molecule has 4 fully saturated rings. The molecule has 3 N–H and O–H groups in total. The predicted octanol–water partition coefficient (Wildman–Crippen LogP) is 4.56. The lowest BCUT2D eigenvalue weighted by Gasteiger charge is -2.57. The van der Waals surface area contributed by atoms with Gasteiger partial charge in [0.2, 0.25) is 0 Å². The van der Waals surface area contributed by atoms with Crippen LogP contribution in [0, 0.1) is 17.8 Å². The Morgan fingerprint density at radius 3 is 1.81 bits per heavy atom. The third-order valence-electron chi connectivity index (χ3n) is 7.72. The molecule has 4 nitrogen and oxygen atoms in total. The summed E-state index contributed by atoms with van der Waals surface area (Å²) in [6.07, 6.45) is 9.51. The zero-order valence-electron chi connectivity index (χ0n) is 17.5. The van der Waals surface area contributed by atoms with Gasteiger partial charge in [0.1, 0.15) is 0 Å². The van der Waals surface area contributed by atoms with E-state index in [-0.39, 0.29) is 11.4 Å². The minimum atomic E-state index is -0.198. The average Bonchev–Trinajstić information content (AvgIpc) is 3.05. The summed E-state index contributed by atoms with van der Waals surface area (Å²) in [5.41, 5.74) is 11.3. The molecule has 0 spiro atoms. The van der Waals surface area contributed by atoms with Crippen molar-refractivity contribution in [3.63, 3.8) is 0 Å². The van der Waals surface area contributed by atoms with Gasteiger partial charge in [-0.05, 0) is 96.3 Å². The Morgan fingerprint density at radius 2 is 1.29 bits per heavy atom. The highest BCUT2D eigenvalue weighted by atomic mass is 32.1. The molecule has 0 radical (unpaired) electrons. The van der Waals surface area contributed by atoms with Crippen molar-refractivity contribution in [1.29, 1.82) is 0 Å². The van der Waals surface area contributed by atoms with Crippen molar-refractivity contribution >= 4 is 28.8 Å². The maximum absolute atomic E-state index is 12.7. The van der Waals surface area contributed by atoms with Crippen molar-refractivity contribution in [3.8, 4) is 11.1 Å². The quantitative estimate of drug-likeness (QED) is 0.318. The molecule has 7 rings (SSSR count). The third-order valence-corrected chi connectivity index (χ3v) is 7.92. The maximum atomic E-state index is 12.7. The van der Waals surface area contributed by atoms with Crippen LogP contribution in [0.5, 0.6) is 0 Å². The summed E-state index contributed by atoms with van der Waals surface area (Å²) in [6, 6.07) is 16.5. The van der Waals surface area contributed by atoms with Crippen molar-refractivity contribution < 1.29 is 4.79 Å². The van der Waals surface area contributed by atoms with E-state index >= 15 is 0 Å². The molecule has 31 heavy (non-hydrogen) atoms. The first-order chi connectivity index (χ1) is 15.1. The molecule has 4 bridgehead atoms. The molecule has 0 aliphatic heterocycles. The lowest BCUT2D eigenvalue weighted by Crippen LogP contribution is -2.62. The molecule has 158 valence electrons. The topological polar surface area (TPSA) is 53.2 Å². The van der Waals surface area contributed by atoms with Crippen LogP contribution in [0.1, 0.15) is 49.7 Å². The van der Waals surface area contributed by atoms with Crippen LogP contribution >= 0.6 is 12.2 Å². The van der Waals surface area contributed by atoms with E-state index in [4.69, 9.17) is 12.2 Å². The van der Waals surface area contributed by atoms with Crippen LogP contribution in [-0.2, 0) is 4.79 Å². The van der Waals surface area contributed by atoms with E-state index in [0.29, 0.717) is 5.11 Å². The first-order valence-corrected chi connectivity index (χ1v) is 11.8. The highest BCUT2D eigenvalue weighted by Crippen LogP contribution is 2.55. The van der Waals surface area contributed by atoms with Crippen molar-refractivity contribution in [2.45, 2.75) is 44.1 Å². The number of rotatable bonds is 2. The fourth-order valence-corrected chi connectivity index (χ4v) is 7.30. The molecule has 2 aromatic rings. The summed E-state index contributed by atoms with van der Waals surface area (Å²) in [4.78, 5) is 12.7. The Kier molecular flexibility index (Phi) is 4.42. The number of hydrogen-bond donors (Lipinski definition) is 3. The number of hydrogen-bond acceptors (Lipinski definition) is 2. The van der Waals surface area contributed by atoms with Gasteiger partial charge in [-0.1, -0.05) is 48.5 Å². The van der Waals surface area contributed by atoms with Crippen LogP contribution in [0.25, 0.3) is 16.7 Å². The molecular weight excluding hydrogens is 402 g/mol. The van der Waals surface area contributed by atoms with Crippen LogP contribution in [0.3, 0.4) is 0 Å². The maximum Gasteiger partial charge on any atom is 0.263 e. The van der Waals surface area contributed by atoms with E-state index < -0.39 is 0 Å². The molecule has 1 amide bonds. The normalized spacial score (nSPS) is 29.2. The summed E-state index contributed by atoms with van der Waals surface area (Å²) in [7, 11) is 0. The standard InChI is InChI=1S/C26H27N3OS/c30-24(12-23-21-7-3-1-5-19(21)20-6-2-4-8-22(20)23)28-29-25(31)27-26-13-16-9-17(14-26)11-18(10-16)15-26/h1-8,12,16-18H,9-11,13-15H2,(H,28,30)(H2,27,29,31). The minimum Gasteiger partial charge on any atom is -0.356 e. The highest BCUT2D eigenvalue weighted by molar-refractivity contribution is 7.80. The Bertz CT molecular complexity index is 1020. The van der Waals surface area contributed by atoms with Gasteiger partial charge in [0.05, 0.1) is 0 Å². The molecule has 0 atom stereocenters. The molecule has 0 saturated heterocycles. The van der Waals surface area contributed by atoms with Crippen molar-refractivity contribution in [3.05, 3.63) is 65.7 Å². The molecule has 5 heteroatoms. The lowest BCUT2D eigenvalue weighted by molar-refractivity contribution is -0.117. The lowest BCUT2D eigenvalue weighted by atomic mass is 9.53. The Labute approximate surface area is 188 Å². The molecule has 0 unspecified atom stereocenters. The zero-order chi connectivity index (χ0) is 21.0. The van der Waals surface area contributed by atoms with Gasteiger partial charge in [-0.25, -0.2) is 0 Å². The molecular formula is C26H27N3OS. The van der Waals surface area contributed by atoms with E-state index in [1.165, 1.54) is 49.7 Å². The van der Waals surface area contributed by atoms with E-state index in [2.05, 4.69) is 40.4 Å². The van der Waals surface area contributed by atoms with Crippen LogP contribution < -0.4 is 16.2 Å². The molecule has 0 heterocycles. The SMILES string of the molecule is O=C(C=C1c2ccccc2-c2ccccc21)NNC(=S)NC12CC3CC(CC(C3)C1)C2. The molecule has 2 aromatic carbocycles. The van der Waals surface area contributed by atoms with Crippen LogP contribution in [-0.4, -0.2) is 16.6 Å². The zero-order valence-corrected chi connectivity index (χ0v) is 18.3. The van der Waals surface area contributed by atoms with Gasteiger partial charge in [-0.3, -0.25) is 15.6 Å². The summed E-state index contributed by atoms with van der Waals surface area (Å²) in [6.45, 7) is 0. The van der Waals surface area contributed by atoms with E-state index in [1.54, 1.807) is 6.08 Å². The summed E-state index contributed by atoms with van der Waals surface area (Å²) < 4.78 is 0. The molecule has 4 saturated carbocycles. The number of thiocarbonyl (C=S) groups is 1. The monoisotopic (exact) mass is 429 g/mol. The first kappa shape index (κ1) is 19.1. The third kappa shape index (κ3) is 3.35. The Hall–Kier alpha value is -2.66.